The minimum Gasteiger partial charge on any atom is -0.507 e. The number of aromatic nitrogens is 1. The Labute approximate surface area is 113 Å². The minimum atomic E-state index is 0.363. The third-order valence-electron chi connectivity index (χ3n) is 2.97. The average Bonchev–Trinajstić information content (AvgIpc) is 2.44. The lowest BCUT2D eigenvalue weighted by molar-refractivity contribution is 0.397. The average molecular weight is 258 g/mol. The Kier molecular flexibility index (Phi) is 4.36. The summed E-state index contributed by atoms with van der Waals surface area (Å²) in [5.41, 5.74) is 2.89. The van der Waals surface area contributed by atoms with E-state index in [1.807, 2.05) is 37.3 Å². The fourth-order valence-corrected chi connectivity index (χ4v) is 1.88. The molecular weight excluding hydrogens is 240 g/mol. The summed E-state index contributed by atoms with van der Waals surface area (Å²) >= 11 is 0. The second-order valence-corrected chi connectivity index (χ2v) is 4.39. The normalized spacial score (nSPS) is 10.4. The van der Waals surface area contributed by atoms with Gasteiger partial charge < -0.3 is 15.2 Å². The van der Waals surface area contributed by atoms with Gasteiger partial charge in [0.25, 0.3) is 0 Å². The van der Waals surface area contributed by atoms with Gasteiger partial charge in [0.2, 0.25) is 5.88 Å². The highest BCUT2D eigenvalue weighted by Gasteiger charge is 2.03. The maximum atomic E-state index is 9.91. The van der Waals surface area contributed by atoms with Crippen molar-refractivity contribution in [1.82, 2.24) is 10.3 Å². The predicted octanol–water partition coefficient (Wildman–Crippen LogP) is 2.39. The molecule has 0 atom stereocenters. The number of benzene rings is 1. The summed E-state index contributed by atoms with van der Waals surface area (Å²) in [6, 6.07) is 9.59. The molecule has 0 aliphatic heterocycles. The van der Waals surface area contributed by atoms with Crippen LogP contribution in [-0.4, -0.2) is 17.2 Å². The number of nitrogens with one attached hydrogen (secondary N) is 1. The third kappa shape index (κ3) is 3.45. The standard InChI is InChI=1S/C15H18N2O2/c1-11-4-3-5-13(15(11)18)10-16-9-12-6-7-17-14(8-12)19-2/h3-8,16,18H,9-10H2,1-2H3. The number of aromatic hydroxyl groups is 1. The number of rotatable bonds is 5. The number of ether oxygens (including phenoxy) is 1. The van der Waals surface area contributed by atoms with Crippen LogP contribution in [0.2, 0.25) is 0 Å². The van der Waals surface area contributed by atoms with Crippen LogP contribution >= 0.6 is 0 Å². The first-order chi connectivity index (χ1) is 9.20. The van der Waals surface area contributed by atoms with Crippen LogP contribution in [0.25, 0.3) is 0 Å². The van der Waals surface area contributed by atoms with Crippen molar-refractivity contribution >= 4 is 0 Å². The first-order valence-electron chi connectivity index (χ1n) is 6.18. The van der Waals surface area contributed by atoms with E-state index in [-0.39, 0.29) is 0 Å². The fourth-order valence-electron chi connectivity index (χ4n) is 1.88. The molecule has 0 bridgehead atoms. The summed E-state index contributed by atoms with van der Waals surface area (Å²) in [4.78, 5) is 4.06. The van der Waals surface area contributed by atoms with Crippen molar-refractivity contribution in [2.45, 2.75) is 20.0 Å². The molecule has 2 aromatic rings. The Morgan fingerprint density at radius 2 is 2.11 bits per heavy atom. The fraction of sp³-hybridized carbons (Fsp3) is 0.267. The van der Waals surface area contributed by atoms with Crippen molar-refractivity contribution in [2.24, 2.45) is 0 Å². The van der Waals surface area contributed by atoms with E-state index in [0.29, 0.717) is 24.7 Å². The van der Waals surface area contributed by atoms with Gasteiger partial charge in [0.05, 0.1) is 7.11 Å². The molecule has 100 valence electrons. The molecule has 2 rings (SSSR count). The van der Waals surface area contributed by atoms with Gasteiger partial charge in [-0.15, -0.1) is 0 Å². The van der Waals surface area contributed by atoms with E-state index in [1.54, 1.807) is 13.3 Å². The number of hydrogen-bond acceptors (Lipinski definition) is 4. The lowest BCUT2D eigenvalue weighted by atomic mass is 10.1. The monoisotopic (exact) mass is 258 g/mol. The van der Waals surface area contributed by atoms with E-state index in [1.165, 1.54) is 0 Å². The van der Waals surface area contributed by atoms with E-state index >= 15 is 0 Å². The van der Waals surface area contributed by atoms with Gasteiger partial charge in [-0.05, 0) is 24.1 Å². The largest absolute Gasteiger partial charge is 0.507 e. The Balaban J connectivity index is 1.94. The molecule has 0 saturated heterocycles. The molecule has 2 N–H and O–H groups in total. The van der Waals surface area contributed by atoms with Crippen LogP contribution in [0.4, 0.5) is 0 Å². The first kappa shape index (κ1) is 13.4. The molecule has 1 heterocycles. The summed E-state index contributed by atoms with van der Waals surface area (Å²) in [6.07, 6.45) is 1.72. The SMILES string of the molecule is COc1cc(CNCc2cccc(C)c2O)ccn1. The van der Waals surface area contributed by atoms with Crippen LogP contribution in [0, 0.1) is 6.92 Å². The van der Waals surface area contributed by atoms with E-state index < -0.39 is 0 Å². The summed E-state index contributed by atoms with van der Waals surface area (Å²) in [5, 5.41) is 13.2. The molecule has 0 radical (unpaired) electrons. The Morgan fingerprint density at radius 1 is 1.26 bits per heavy atom. The van der Waals surface area contributed by atoms with Gasteiger partial charge in [-0.2, -0.15) is 0 Å². The van der Waals surface area contributed by atoms with Crippen molar-refractivity contribution in [1.29, 1.82) is 0 Å². The van der Waals surface area contributed by atoms with E-state index in [9.17, 15) is 5.11 Å². The highest BCUT2D eigenvalue weighted by atomic mass is 16.5. The number of phenols is 1. The molecule has 1 aromatic carbocycles. The van der Waals surface area contributed by atoms with Gasteiger partial charge in [0, 0.05) is 30.9 Å². The predicted molar refractivity (Wildman–Crippen MR) is 74.2 cm³/mol. The molecule has 0 aliphatic rings. The number of phenolic OH excluding ortho intramolecular Hbond substituents is 1. The number of hydrogen-bond donors (Lipinski definition) is 2. The van der Waals surface area contributed by atoms with E-state index in [0.717, 1.165) is 16.7 Å². The van der Waals surface area contributed by atoms with E-state index in [4.69, 9.17) is 4.74 Å². The third-order valence-corrected chi connectivity index (χ3v) is 2.97. The van der Waals surface area contributed by atoms with Gasteiger partial charge in [-0.25, -0.2) is 4.98 Å². The molecule has 4 heteroatoms. The number of pyridine rings is 1. The maximum absolute atomic E-state index is 9.91. The Hall–Kier alpha value is -2.07. The second kappa shape index (κ2) is 6.20. The highest BCUT2D eigenvalue weighted by molar-refractivity contribution is 5.39. The van der Waals surface area contributed by atoms with Gasteiger partial charge in [-0.3, -0.25) is 0 Å². The molecule has 0 saturated carbocycles. The quantitative estimate of drug-likeness (QED) is 0.864. The molecule has 0 aliphatic carbocycles. The Bertz CT molecular complexity index is 556. The van der Waals surface area contributed by atoms with Crippen molar-refractivity contribution < 1.29 is 9.84 Å². The zero-order valence-corrected chi connectivity index (χ0v) is 11.2. The number of aryl methyl sites for hydroxylation is 1. The van der Waals surface area contributed by atoms with Gasteiger partial charge in [0.15, 0.2) is 0 Å². The van der Waals surface area contributed by atoms with Crippen molar-refractivity contribution in [3.05, 3.63) is 53.2 Å². The summed E-state index contributed by atoms with van der Waals surface area (Å²) in [6.45, 7) is 3.22. The van der Waals surface area contributed by atoms with Crippen molar-refractivity contribution in [3.8, 4) is 11.6 Å². The molecule has 0 fully saturated rings. The van der Waals surface area contributed by atoms with Crippen LogP contribution < -0.4 is 10.1 Å². The van der Waals surface area contributed by atoms with Crippen molar-refractivity contribution in [3.63, 3.8) is 0 Å². The second-order valence-electron chi connectivity index (χ2n) is 4.39. The molecule has 19 heavy (non-hydrogen) atoms. The summed E-state index contributed by atoms with van der Waals surface area (Å²) in [7, 11) is 1.60. The zero-order valence-electron chi connectivity index (χ0n) is 11.2. The molecule has 4 nitrogen and oxygen atoms in total. The lowest BCUT2D eigenvalue weighted by Gasteiger charge is -2.09. The van der Waals surface area contributed by atoms with Crippen LogP contribution in [0.1, 0.15) is 16.7 Å². The Morgan fingerprint density at radius 3 is 2.89 bits per heavy atom. The number of nitrogens with zero attached hydrogens (tertiary/aromatic N) is 1. The van der Waals surface area contributed by atoms with Gasteiger partial charge in [0.1, 0.15) is 5.75 Å². The van der Waals surface area contributed by atoms with Crippen molar-refractivity contribution in [2.75, 3.05) is 7.11 Å². The number of methoxy groups -OCH3 is 1. The summed E-state index contributed by atoms with van der Waals surface area (Å²) < 4.78 is 5.08. The molecule has 0 spiro atoms. The van der Waals surface area contributed by atoms with Crippen LogP contribution in [-0.2, 0) is 13.1 Å². The van der Waals surface area contributed by atoms with Gasteiger partial charge >= 0.3 is 0 Å². The molecule has 0 amide bonds. The van der Waals surface area contributed by atoms with E-state index in [2.05, 4.69) is 10.3 Å². The molecular formula is C15H18N2O2. The topological polar surface area (TPSA) is 54.4 Å². The number of para-hydroxylation sites is 1. The smallest absolute Gasteiger partial charge is 0.213 e. The van der Waals surface area contributed by atoms with Crippen LogP contribution in [0.15, 0.2) is 36.5 Å². The van der Waals surface area contributed by atoms with Crippen LogP contribution in [0.3, 0.4) is 0 Å². The minimum absolute atomic E-state index is 0.363. The lowest BCUT2D eigenvalue weighted by Crippen LogP contribution is -2.13. The van der Waals surface area contributed by atoms with Gasteiger partial charge in [-0.1, -0.05) is 18.2 Å². The summed E-state index contributed by atoms with van der Waals surface area (Å²) in [5.74, 6) is 0.972. The zero-order chi connectivity index (χ0) is 13.7. The highest BCUT2D eigenvalue weighted by Crippen LogP contribution is 2.21. The molecule has 0 unspecified atom stereocenters. The van der Waals surface area contributed by atoms with Crippen LogP contribution in [0.5, 0.6) is 11.6 Å². The first-order valence-corrected chi connectivity index (χ1v) is 6.18. The maximum Gasteiger partial charge on any atom is 0.213 e. The molecule has 1 aromatic heterocycles.